The van der Waals surface area contributed by atoms with Gasteiger partial charge in [0.15, 0.2) is 5.96 Å². The molecule has 0 spiro atoms. The van der Waals surface area contributed by atoms with Gasteiger partial charge in [-0.25, -0.2) is 0 Å². The maximum atomic E-state index is 5.95. The predicted molar refractivity (Wildman–Crippen MR) is 93.5 cm³/mol. The number of likely N-dealkylation sites (N-methyl/N-ethyl adjacent to an activating group) is 1. The number of hydrogen-bond acceptors (Lipinski definition) is 5. The first-order valence-corrected chi connectivity index (χ1v) is 9.33. The zero-order valence-corrected chi connectivity index (χ0v) is 15.1. The van der Waals surface area contributed by atoms with Crippen LogP contribution in [0.4, 0.5) is 0 Å². The van der Waals surface area contributed by atoms with Crippen molar-refractivity contribution >= 4 is 5.96 Å². The molecule has 0 saturated carbocycles. The third-order valence-electron chi connectivity index (χ3n) is 4.89. The first kappa shape index (κ1) is 17.9. The number of nitrogens with zero attached hydrogens (tertiary/aromatic N) is 3. The van der Waals surface area contributed by atoms with Crippen LogP contribution in [-0.2, 0) is 14.2 Å². The molecule has 0 aromatic rings. The number of hydrogen-bond donors (Lipinski definition) is 1. The minimum Gasteiger partial charge on any atom is -0.375 e. The SMILES string of the molecule is CCNC(=NCC1CN(C)CCO1)N1CCOC(C2CCCO2)C1. The molecule has 0 aromatic carbocycles. The van der Waals surface area contributed by atoms with Crippen LogP contribution in [0.3, 0.4) is 0 Å². The van der Waals surface area contributed by atoms with Crippen LogP contribution in [0, 0.1) is 0 Å². The second-order valence-electron chi connectivity index (χ2n) is 6.86. The van der Waals surface area contributed by atoms with E-state index in [1.165, 1.54) is 0 Å². The smallest absolute Gasteiger partial charge is 0.194 e. The van der Waals surface area contributed by atoms with E-state index in [-0.39, 0.29) is 18.3 Å². The Labute approximate surface area is 145 Å². The summed E-state index contributed by atoms with van der Waals surface area (Å²) in [5.74, 6) is 0.973. The Morgan fingerprint density at radius 3 is 2.67 bits per heavy atom. The quantitative estimate of drug-likeness (QED) is 0.581. The lowest BCUT2D eigenvalue weighted by molar-refractivity contribution is -0.0817. The number of nitrogens with one attached hydrogen (secondary N) is 1. The molecule has 7 heteroatoms. The topological polar surface area (TPSA) is 58.6 Å². The van der Waals surface area contributed by atoms with Gasteiger partial charge in [0.25, 0.3) is 0 Å². The molecule has 0 aliphatic carbocycles. The van der Waals surface area contributed by atoms with Crippen LogP contribution in [0.25, 0.3) is 0 Å². The van der Waals surface area contributed by atoms with Gasteiger partial charge in [-0.05, 0) is 26.8 Å². The lowest BCUT2D eigenvalue weighted by Crippen LogP contribution is -2.53. The summed E-state index contributed by atoms with van der Waals surface area (Å²) in [6.07, 6.45) is 2.83. The van der Waals surface area contributed by atoms with E-state index in [1.54, 1.807) is 0 Å². The highest BCUT2D eigenvalue weighted by Gasteiger charge is 2.32. The normalized spacial score (nSPS) is 33.0. The summed E-state index contributed by atoms with van der Waals surface area (Å²) in [4.78, 5) is 9.46. The van der Waals surface area contributed by atoms with Crippen LogP contribution in [-0.4, -0.2) is 100 Å². The third-order valence-corrected chi connectivity index (χ3v) is 4.89. The number of aliphatic imine (C=N–C) groups is 1. The fraction of sp³-hybridized carbons (Fsp3) is 0.941. The highest BCUT2D eigenvalue weighted by Crippen LogP contribution is 2.21. The summed E-state index contributed by atoms with van der Waals surface area (Å²) >= 11 is 0. The minimum atomic E-state index is 0.155. The monoisotopic (exact) mass is 340 g/mol. The Morgan fingerprint density at radius 1 is 1.08 bits per heavy atom. The Hall–Kier alpha value is -0.890. The molecule has 3 heterocycles. The Bertz CT molecular complexity index is 415. The number of morpholine rings is 2. The minimum absolute atomic E-state index is 0.155. The highest BCUT2D eigenvalue weighted by molar-refractivity contribution is 5.80. The molecule has 3 rings (SSSR count). The average Bonchev–Trinajstić information content (AvgIpc) is 3.13. The summed E-state index contributed by atoms with van der Waals surface area (Å²) < 4.78 is 17.6. The number of guanidine groups is 1. The zero-order chi connectivity index (χ0) is 16.8. The van der Waals surface area contributed by atoms with Crippen molar-refractivity contribution in [1.82, 2.24) is 15.1 Å². The first-order valence-electron chi connectivity index (χ1n) is 9.33. The van der Waals surface area contributed by atoms with E-state index in [0.29, 0.717) is 6.54 Å². The molecule has 3 aliphatic heterocycles. The molecule has 1 N–H and O–H groups in total. The second kappa shape index (κ2) is 8.99. The Morgan fingerprint density at radius 2 is 1.92 bits per heavy atom. The Balaban J connectivity index is 1.57. The molecule has 3 aliphatic rings. The molecule has 3 atom stereocenters. The van der Waals surface area contributed by atoms with Crippen LogP contribution >= 0.6 is 0 Å². The van der Waals surface area contributed by atoms with Gasteiger partial charge in [-0.3, -0.25) is 4.99 Å². The maximum Gasteiger partial charge on any atom is 0.194 e. The molecule has 3 fully saturated rings. The van der Waals surface area contributed by atoms with E-state index >= 15 is 0 Å². The molecule has 138 valence electrons. The summed E-state index contributed by atoms with van der Waals surface area (Å²) in [6, 6.07) is 0. The highest BCUT2D eigenvalue weighted by atomic mass is 16.5. The standard InChI is InChI=1S/C17H32N4O3/c1-3-18-17(19-11-14-12-20(2)6-9-22-14)21-7-10-24-16(13-21)15-5-4-8-23-15/h14-16H,3-13H2,1-2H3,(H,18,19). The number of ether oxygens (including phenoxy) is 3. The van der Waals surface area contributed by atoms with Gasteiger partial charge in [0, 0.05) is 39.3 Å². The van der Waals surface area contributed by atoms with Gasteiger partial charge >= 0.3 is 0 Å². The van der Waals surface area contributed by atoms with Gasteiger partial charge in [0.1, 0.15) is 6.10 Å². The molecule has 3 unspecified atom stereocenters. The van der Waals surface area contributed by atoms with Gasteiger partial charge in [-0.1, -0.05) is 0 Å². The van der Waals surface area contributed by atoms with Crippen LogP contribution in [0.2, 0.25) is 0 Å². The van der Waals surface area contributed by atoms with Crippen molar-refractivity contribution < 1.29 is 14.2 Å². The molecule has 0 aromatic heterocycles. The molecule has 0 amide bonds. The first-order chi connectivity index (χ1) is 11.8. The van der Waals surface area contributed by atoms with Crippen molar-refractivity contribution in [3.8, 4) is 0 Å². The number of rotatable bonds is 4. The van der Waals surface area contributed by atoms with Gasteiger partial charge in [-0.15, -0.1) is 0 Å². The molecule has 24 heavy (non-hydrogen) atoms. The average molecular weight is 340 g/mol. The third kappa shape index (κ3) is 4.81. The summed E-state index contributed by atoms with van der Waals surface area (Å²) in [7, 11) is 2.14. The van der Waals surface area contributed by atoms with Crippen molar-refractivity contribution in [3.05, 3.63) is 0 Å². The largest absolute Gasteiger partial charge is 0.375 e. The lowest BCUT2D eigenvalue weighted by atomic mass is 10.1. The fourth-order valence-electron chi connectivity index (χ4n) is 3.58. The van der Waals surface area contributed by atoms with E-state index in [0.717, 1.165) is 71.3 Å². The lowest BCUT2D eigenvalue weighted by Gasteiger charge is -2.37. The van der Waals surface area contributed by atoms with Crippen molar-refractivity contribution in [3.63, 3.8) is 0 Å². The van der Waals surface area contributed by atoms with Crippen molar-refractivity contribution in [2.45, 2.75) is 38.1 Å². The van der Waals surface area contributed by atoms with Gasteiger partial charge < -0.3 is 29.3 Å². The van der Waals surface area contributed by atoms with E-state index in [4.69, 9.17) is 19.2 Å². The van der Waals surface area contributed by atoms with Gasteiger partial charge in [0.2, 0.25) is 0 Å². The van der Waals surface area contributed by atoms with Crippen molar-refractivity contribution in [1.29, 1.82) is 0 Å². The molecule has 0 radical (unpaired) electrons. The van der Waals surface area contributed by atoms with Crippen molar-refractivity contribution in [2.75, 3.05) is 66.1 Å². The molecular weight excluding hydrogens is 308 g/mol. The zero-order valence-electron chi connectivity index (χ0n) is 15.1. The Kier molecular flexibility index (Phi) is 6.71. The van der Waals surface area contributed by atoms with Gasteiger partial charge in [-0.2, -0.15) is 0 Å². The molecule has 3 saturated heterocycles. The van der Waals surface area contributed by atoms with E-state index < -0.39 is 0 Å². The molecular formula is C17H32N4O3. The van der Waals surface area contributed by atoms with Crippen LogP contribution in [0.15, 0.2) is 4.99 Å². The van der Waals surface area contributed by atoms with Crippen LogP contribution in [0.5, 0.6) is 0 Å². The van der Waals surface area contributed by atoms with E-state index in [1.807, 2.05) is 0 Å². The van der Waals surface area contributed by atoms with Crippen molar-refractivity contribution in [2.24, 2.45) is 4.99 Å². The summed E-state index contributed by atoms with van der Waals surface area (Å²) in [5.41, 5.74) is 0. The van der Waals surface area contributed by atoms with Crippen LogP contribution in [0.1, 0.15) is 19.8 Å². The van der Waals surface area contributed by atoms with Gasteiger partial charge in [0.05, 0.1) is 32.0 Å². The maximum absolute atomic E-state index is 5.95. The summed E-state index contributed by atoms with van der Waals surface area (Å²) in [5, 5.41) is 3.42. The van der Waals surface area contributed by atoms with Crippen LogP contribution < -0.4 is 5.32 Å². The summed E-state index contributed by atoms with van der Waals surface area (Å²) in [6.45, 7) is 9.76. The second-order valence-corrected chi connectivity index (χ2v) is 6.86. The predicted octanol–water partition coefficient (Wildman–Crippen LogP) is 0.162. The fourth-order valence-corrected chi connectivity index (χ4v) is 3.58. The molecule has 0 bridgehead atoms. The van der Waals surface area contributed by atoms with E-state index in [9.17, 15) is 0 Å². The van der Waals surface area contributed by atoms with E-state index in [2.05, 4.69) is 29.1 Å². The molecule has 7 nitrogen and oxygen atoms in total.